The molecule has 7 heteroatoms. The van der Waals surface area contributed by atoms with Gasteiger partial charge in [-0.2, -0.15) is 0 Å². The maximum absolute atomic E-state index is 14.2. The van der Waals surface area contributed by atoms with Gasteiger partial charge in [-0.25, -0.2) is 12.8 Å². The van der Waals surface area contributed by atoms with Gasteiger partial charge in [-0.15, -0.1) is 11.3 Å². The molecule has 0 saturated heterocycles. The average molecular weight is 444 g/mol. The summed E-state index contributed by atoms with van der Waals surface area (Å²) in [5.41, 5.74) is 1.69. The minimum absolute atomic E-state index is 0.259. The fraction of sp³-hybridized carbons (Fsp3) is 0.304. The van der Waals surface area contributed by atoms with Gasteiger partial charge < -0.3 is 10.1 Å². The molecule has 0 amide bonds. The molecular weight excluding hydrogens is 421 g/mol. The second kappa shape index (κ2) is 8.29. The Morgan fingerprint density at radius 1 is 1.27 bits per heavy atom. The van der Waals surface area contributed by atoms with Crippen molar-refractivity contribution in [1.82, 2.24) is 0 Å². The van der Waals surface area contributed by atoms with Crippen molar-refractivity contribution in [2.24, 2.45) is 5.92 Å². The Hall–Kier alpha value is -2.56. The molecule has 1 aliphatic rings. The van der Waals surface area contributed by atoms with Crippen molar-refractivity contribution < 1.29 is 17.5 Å². The second-order valence-corrected chi connectivity index (χ2v) is 10.5. The maximum Gasteiger partial charge on any atom is 0.178 e. The Bertz CT molecular complexity index is 1260. The molecule has 2 aromatic carbocycles. The largest absolute Gasteiger partial charge is 0.495 e. The van der Waals surface area contributed by atoms with E-state index in [1.807, 2.05) is 6.07 Å². The standard InChI is InChI=1S/C23H22FNO3S2/c1-28-20-14-23(30(2,26)27)18(24)13-19(20)25-11-5-8-22-17(12-15-9-10-15)16-6-3-4-7-21(16)29-22/h3-4,6-7,13-15,25H,9-12H2,1-2H3. The van der Waals surface area contributed by atoms with E-state index in [-0.39, 0.29) is 17.2 Å². The van der Waals surface area contributed by atoms with E-state index in [1.165, 1.54) is 41.7 Å². The molecular formula is C23H22FNO3S2. The highest BCUT2D eigenvalue weighted by Crippen LogP contribution is 2.39. The number of ether oxygens (including phenoxy) is 1. The summed E-state index contributed by atoms with van der Waals surface area (Å²) in [5.74, 6) is 6.59. The zero-order valence-corrected chi connectivity index (χ0v) is 18.4. The van der Waals surface area contributed by atoms with Crippen LogP contribution in [0.3, 0.4) is 0 Å². The van der Waals surface area contributed by atoms with E-state index in [2.05, 4.69) is 35.4 Å². The zero-order valence-electron chi connectivity index (χ0n) is 16.8. The molecule has 0 spiro atoms. The van der Waals surface area contributed by atoms with Crippen molar-refractivity contribution >= 4 is 36.9 Å². The molecule has 0 aliphatic heterocycles. The van der Waals surface area contributed by atoms with E-state index in [4.69, 9.17) is 4.74 Å². The van der Waals surface area contributed by atoms with Crippen molar-refractivity contribution in [3.63, 3.8) is 0 Å². The van der Waals surface area contributed by atoms with Gasteiger partial charge in [0.1, 0.15) is 16.5 Å². The van der Waals surface area contributed by atoms with Gasteiger partial charge in [0.15, 0.2) is 9.84 Å². The summed E-state index contributed by atoms with van der Waals surface area (Å²) in [6.45, 7) is 0.283. The predicted molar refractivity (Wildman–Crippen MR) is 120 cm³/mol. The highest BCUT2D eigenvalue weighted by molar-refractivity contribution is 7.90. The first-order valence-corrected chi connectivity index (χ1v) is 12.4. The maximum atomic E-state index is 14.2. The van der Waals surface area contributed by atoms with E-state index < -0.39 is 15.7 Å². The monoisotopic (exact) mass is 443 g/mol. The lowest BCUT2D eigenvalue weighted by Crippen LogP contribution is -2.06. The fourth-order valence-electron chi connectivity index (χ4n) is 3.40. The number of methoxy groups -OCH3 is 1. The van der Waals surface area contributed by atoms with Gasteiger partial charge in [0.2, 0.25) is 0 Å². The molecule has 1 aromatic heterocycles. The topological polar surface area (TPSA) is 55.4 Å². The predicted octanol–water partition coefficient (Wildman–Crippen LogP) is 4.87. The molecule has 1 aliphatic carbocycles. The lowest BCUT2D eigenvalue weighted by Gasteiger charge is -2.11. The molecule has 4 nitrogen and oxygen atoms in total. The van der Waals surface area contributed by atoms with Gasteiger partial charge in [0.05, 0.1) is 24.2 Å². The molecule has 1 fully saturated rings. The number of hydrogen-bond acceptors (Lipinski definition) is 5. The molecule has 30 heavy (non-hydrogen) atoms. The van der Waals surface area contributed by atoms with Crippen molar-refractivity contribution in [1.29, 1.82) is 0 Å². The Balaban J connectivity index is 1.55. The van der Waals surface area contributed by atoms with Gasteiger partial charge in [-0.3, -0.25) is 0 Å². The van der Waals surface area contributed by atoms with Gasteiger partial charge in [0.25, 0.3) is 0 Å². The van der Waals surface area contributed by atoms with Crippen LogP contribution in [0.2, 0.25) is 0 Å². The fourth-order valence-corrected chi connectivity index (χ4v) is 5.24. The van der Waals surface area contributed by atoms with Crippen LogP contribution in [0.1, 0.15) is 23.3 Å². The van der Waals surface area contributed by atoms with Gasteiger partial charge in [-0.1, -0.05) is 30.0 Å². The molecule has 0 unspecified atom stereocenters. The molecule has 0 bridgehead atoms. The van der Waals surface area contributed by atoms with Crippen LogP contribution in [0.25, 0.3) is 10.1 Å². The highest BCUT2D eigenvalue weighted by atomic mass is 32.2. The average Bonchev–Trinajstić information content (AvgIpc) is 3.46. The summed E-state index contributed by atoms with van der Waals surface area (Å²) in [4.78, 5) is 0.696. The van der Waals surface area contributed by atoms with Crippen LogP contribution in [0.15, 0.2) is 41.3 Å². The third-order valence-electron chi connectivity index (χ3n) is 5.11. The summed E-state index contributed by atoms with van der Waals surface area (Å²) in [6.07, 6.45) is 4.60. The van der Waals surface area contributed by atoms with Crippen molar-refractivity contribution in [3.05, 3.63) is 52.7 Å². The third kappa shape index (κ3) is 4.45. The number of fused-ring (bicyclic) bond motifs is 1. The van der Waals surface area contributed by atoms with E-state index in [9.17, 15) is 12.8 Å². The van der Waals surface area contributed by atoms with Crippen LogP contribution in [0, 0.1) is 23.6 Å². The van der Waals surface area contributed by atoms with Crippen molar-refractivity contribution in [2.45, 2.75) is 24.2 Å². The van der Waals surface area contributed by atoms with Crippen LogP contribution < -0.4 is 10.1 Å². The molecule has 1 N–H and O–H groups in total. The minimum Gasteiger partial charge on any atom is -0.495 e. The first-order valence-electron chi connectivity index (χ1n) is 9.67. The number of halogens is 1. The lowest BCUT2D eigenvalue weighted by atomic mass is 10.0. The van der Waals surface area contributed by atoms with Crippen molar-refractivity contribution in [3.8, 4) is 17.6 Å². The van der Waals surface area contributed by atoms with Crippen LogP contribution in [0.4, 0.5) is 10.1 Å². The summed E-state index contributed by atoms with van der Waals surface area (Å²) >= 11 is 1.70. The third-order valence-corrected chi connectivity index (χ3v) is 7.35. The highest BCUT2D eigenvalue weighted by Gasteiger charge is 2.24. The van der Waals surface area contributed by atoms with Gasteiger partial charge >= 0.3 is 0 Å². The van der Waals surface area contributed by atoms with Gasteiger partial charge in [-0.05, 0) is 42.2 Å². The molecule has 1 heterocycles. The summed E-state index contributed by atoms with van der Waals surface area (Å²) < 4.78 is 44.1. The molecule has 156 valence electrons. The Kier molecular flexibility index (Phi) is 5.72. The zero-order chi connectivity index (χ0) is 21.3. The number of sulfone groups is 1. The number of anilines is 1. The van der Waals surface area contributed by atoms with Crippen LogP contribution in [-0.4, -0.2) is 28.3 Å². The van der Waals surface area contributed by atoms with Crippen LogP contribution >= 0.6 is 11.3 Å². The summed E-state index contributed by atoms with van der Waals surface area (Å²) in [6, 6.07) is 10.7. The quantitative estimate of drug-likeness (QED) is 0.553. The minimum atomic E-state index is -3.68. The second-order valence-electron chi connectivity index (χ2n) is 7.46. The van der Waals surface area contributed by atoms with Crippen molar-refractivity contribution in [2.75, 3.05) is 25.2 Å². The molecule has 0 atom stereocenters. The van der Waals surface area contributed by atoms with Crippen LogP contribution in [-0.2, 0) is 16.3 Å². The first-order chi connectivity index (χ1) is 14.4. The number of nitrogens with one attached hydrogen (secondary N) is 1. The number of hydrogen-bond donors (Lipinski definition) is 1. The number of rotatable bonds is 6. The normalized spacial score (nSPS) is 13.7. The van der Waals surface area contributed by atoms with Crippen LogP contribution in [0.5, 0.6) is 5.75 Å². The Morgan fingerprint density at radius 2 is 2.03 bits per heavy atom. The molecule has 4 rings (SSSR count). The number of benzene rings is 2. The molecule has 3 aromatic rings. The Labute approximate surface area is 180 Å². The smallest absolute Gasteiger partial charge is 0.178 e. The molecule has 1 saturated carbocycles. The Morgan fingerprint density at radius 3 is 2.73 bits per heavy atom. The molecule has 0 radical (unpaired) electrons. The lowest BCUT2D eigenvalue weighted by molar-refractivity contribution is 0.413. The van der Waals surface area contributed by atoms with E-state index in [0.29, 0.717) is 5.69 Å². The first kappa shape index (κ1) is 20.7. The van der Waals surface area contributed by atoms with Gasteiger partial charge in [0, 0.05) is 23.1 Å². The van der Waals surface area contributed by atoms with E-state index in [0.717, 1.165) is 29.5 Å². The SMILES string of the molecule is COc1cc(S(C)(=O)=O)c(F)cc1NCC#Cc1sc2ccccc2c1CC1CC1. The summed E-state index contributed by atoms with van der Waals surface area (Å²) in [5, 5.41) is 4.32. The van der Waals surface area contributed by atoms with E-state index >= 15 is 0 Å². The van der Waals surface area contributed by atoms with E-state index in [1.54, 1.807) is 11.3 Å². The summed E-state index contributed by atoms with van der Waals surface area (Å²) in [7, 11) is -2.26. The number of thiophene rings is 1.